The molecule has 0 bridgehead atoms. The topological polar surface area (TPSA) is 66.7 Å². The van der Waals surface area contributed by atoms with Gasteiger partial charge in [0.2, 0.25) is 0 Å². The second-order valence-electron chi connectivity index (χ2n) is 8.44. The van der Waals surface area contributed by atoms with Crippen LogP contribution in [0.1, 0.15) is 16.7 Å². The molecular formula is C28H23F3N4. The van der Waals surface area contributed by atoms with Crippen LogP contribution in [0.5, 0.6) is 0 Å². The van der Waals surface area contributed by atoms with Gasteiger partial charge in [-0.2, -0.15) is 13.2 Å². The number of rotatable bonds is 6. The third kappa shape index (κ3) is 5.20. The molecule has 0 saturated carbocycles. The fraction of sp³-hybridized carbons (Fsp3) is 0.107. The molecule has 1 heterocycles. The van der Waals surface area contributed by atoms with Crippen molar-refractivity contribution in [1.29, 1.82) is 0 Å². The van der Waals surface area contributed by atoms with Crippen molar-refractivity contribution in [2.45, 2.75) is 19.3 Å². The number of anilines is 1. The SMILES string of the molecule is Nc1cccc(CNCc2cccc(-c3cccc(-c4nc5ccc(C(F)(F)F)cc5[nH]4)c3)c2)c1. The second kappa shape index (κ2) is 9.27. The molecule has 4 nitrogen and oxygen atoms in total. The van der Waals surface area contributed by atoms with Gasteiger partial charge in [0, 0.05) is 24.3 Å². The Morgan fingerprint density at radius 3 is 2.14 bits per heavy atom. The highest BCUT2D eigenvalue weighted by Gasteiger charge is 2.30. The quantitative estimate of drug-likeness (QED) is 0.239. The van der Waals surface area contributed by atoms with Crippen LogP contribution in [0.2, 0.25) is 0 Å². The number of hydrogen-bond acceptors (Lipinski definition) is 3. The average molecular weight is 473 g/mol. The van der Waals surface area contributed by atoms with Crippen molar-refractivity contribution in [1.82, 2.24) is 15.3 Å². The zero-order valence-electron chi connectivity index (χ0n) is 18.7. The summed E-state index contributed by atoms with van der Waals surface area (Å²) < 4.78 is 39.2. The summed E-state index contributed by atoms with van der Waals surface area (Å²) in [6.45, 7) is 1.42. The summed E-state index contributed by atoms with van der Waals surface area (Å²) in [6, 6.07) is 27.4. The van der Waals surface area contributed by atoms with E-state index in [2.05, 4.69) is 27.4 Å². The Bertz CT molecular complexity index is 1490. The number of alkyl halides is 3. The van der Waals surface area contributed by atoms with Gasteiger partial charge in [0.05, 0.1) is 16.6 Å². The molecule has 0 aliphatic heterocycles. The van der Waals surface area contributed by atoms with E-state index in [-0.39, 0.29) is 0 Å². The fourth-order valence-corrected chi connectivity index (χ4v) is 4.08. The van der Waals surface area contributed by atoms with Gasteiger partial charge in [0.15, 0.2) is 0 Å². The van der Waals surface area contributed by atoms with Crippen molar-refractivity contribution < 1.29 is 13.2 Å². The summed E-state index contributed by atoms with van der Waals surface area (Å²) in [4.78, 5) is 7.52. The minimum absolute atomic E-state index is 0.355. The Balaban J connectivity index is 1.35. The van der Waals surface area contributed by atoms with Crippen LogP contribution in [-0.2, 0) is 19.3 Å². The number of aromatic amines is 1. The molecule has 0 aliphatic rings. The first-order valence-corrected chi connectivity index (χ1v) is 11.2. The first-order chi connectivity index (χ1) is 16.8. The predicted molar refractivity (Wildman–Crippen MR) is 133 cm³/mol. The summed E-state index contributed by atoms with van der Waals surface area (Å²) >= 11 is 0. The van der Waals surface area contributed by atoms with E-state index in [9.17, 15) is 13.2 Å². The van der Waals surface area contributed by atoms with Gasteiger partial charge < -0.3 is 16.0 Å². The number of hydrogen-bond donors (Lipinski definition) is 3. The highest BCUT2D eigenvalue weighted by atomic mass is 19.4. The van der Waals surface area contributed by atoms with Crippen LogP contribution >= 0.6 is 0 Å². The van der Waals surface area contributed by atoms with Crippen LogP contribution in [-0.4, -0.2) is 9.97 Å². The lowest BCUT2D eigenvalue weighted by molar-refractivity contribution is -0.137. The monoisotopic (exact) mass is 472 g/mol. The number of fused-ring (bicyclic) bond motifs is 1. The Morgan fingerprint density at radius 2 is 1.40 bits per heavy atom. The van der Waals surface area contributed by atoms with E-state index < -0.39 is 11.7 Å². The van der Waals surface area contributed by atoms with Crippen molar-refractivity contribution in [3.05, 3.63) is 108 Å². The molecule has 0 aliphatic carbocycles. The molecule has 1 aromatic heterocycles. The number of H-pyrrole nitrogens is 1. The van der Waals surface area contributed by atoms with Gasteiger partial charge in [-0.25, -0.2) is 4.98 Å². The second-order valence-corrected chi connectivity index (χ2v) is 8.44. The maximum Gasteiger partial charge on any atom is 0.416 e. The maximum atomic E-state index is 13.1. The lowest BCUT2D eigenvalue weighted by atomic mass is 10.0. The van der Waals surface area contributed by atoms with Crippen LogP contribution in [0.4, 0.5) is 18.9 Å². The van der Waals surface area contributed by atoms with Crippen LogP contribution in [0.15, 0.2) is 91.0 Å². The summed E-state index contributed by atoms with van der Waals surface area (Å²) in [7, 11) is 0. The first-order valence-electron chi connectivity index (χ1n) is 11.2. The van der Waals surface area contributed by atoms with E-state index in [0.717, 1.165) is 45.6 Å². The minimum Gasteiger partial charge on any atom is -0.399 e. The molecule has 5 aromatic rings. The lowest BCUT2D eigenvalue weighted by Crippen LogP contribution is -2.12. The molecule has 7 heteroatoms. The van der Waals surface area contributed by atoms with Crippen LogP contribution in [0.25, 0.3) is 33.5 Å². The van der Waals surface area contributed by atoms with Crippen LogP contribution in [0.3, 0.4) is 0 Å². The van der Waals surface area contributed by atoms with Crippen molar-refractivity contribution in [2.24, 2.45) is 0 Å². The highest BCUT2D eigenvalue weighted by Crippen LogP contribution is 2.32. The number of nitrogens with zero attached hydrogens (tertiary/aromatic N) is 1. The predicted octanol–water partition coefficient (Wildman–Crippen LogP) is 6.79. The van der Waals surface area contributed by atoms with Gasteiger partial charge in [0.25, 0.3) is 0 Å². The van der Waals surface area contributed by atoms with Crippen molar-refractivity contribution >= 4 is 16.7 Å². The molecule has 4 N–H and O–H groups in total. The lowest BCUT2D eigenvalue weighted by Gasteiger charge is -2.09. The molecule has 35 heavy (non-hydrogen) atoms. The molecule has 0 amide bonds. The van der Waals surface area contributed by atoms with Gasteiger partial charge in [-0.3, -0.25) is 0 Å². The number of nitrogen functional groups attached to an aromatic ring is 1. The molecule has 0 radical (unpaired) electrons. The molecule has 0 saturated heterocycles. The summed E-state index contributed by atoms with van der Waals surface area (Å²) in [5.74, 6) is 0.529. The molecule has 0 unspecified atom stereocenters. The van der Waals surface area contributed by atoms with Gasteiger partial charge in [0.1, 0.15) is 5.82 Å². The zero-order valence-corrected chi connectivity index (χ0v) is 18.7. The van der Waals surface area contributed by atoms with Crippen molar-refractivity contribution in [2.75, 3.05) is 5.73 Å². The third-order valence-corrected chi connectivity index (χ3v) is 5.81. The standard InChI is InChI=1S/C28H23F3N4/c29-28(30,31)23-10-11-25-26(15-23)35-27(34-25)22-8-3-7-21(14-22)20-6-1-4-18(12-20)16-33-17-19-5-2-9-24(32)13-19/h1-15,33H,16-17,32H2,(H,34,35). The van der Waals surface area contributed by atoms with Gasteiger partial charge >= 0.3 is 6.18 Å². The zero-order chi connectivity index (χ0) is 24.4. The van der Waals surface area contributed by atoms with Gasteiger partial charge in [-0.1, -0.05) is 48.5 Å². The molecule has 5 rings (SSSR count). The molecule has 176 valence electrons. The van der Waals surface area contributed by atoms with E-state index >= 15 is 0 Å². The van der Waals surface area contributed by atoms with Crippen LogP contribution in [0, 0.1) is 0 Å². The Kier molecular flexibility index (Phi) is 6.01. The number of halogens is 3. The van der Waals surface area contributed by atoms with Crippen molar-refractivity contribution in [3.63, 3.8) is 0 Å². The molecule has 0 spiro atoms. The fourth-order valence-electron chi connectivity index (χ4n) is 4.08. The van der Waals surface area contributed by atoms with Crippen LogP contribution < -0.4 is 11.1 Å². The van der Waals surface area contributed by atoms with E-state index in [1.54, 1.807) is 0 Å². The first kappa shape index (κ1) is 22.7. The van der Waals surface area contributed by atoms with E-state index in [1.807, 2.05) is 60.7 Å². The number of imidazole rings is 1. The summed E-state index contributed by atoms with van der Waals surface area (Å²) in [5, 5.41) is 3.44. The summed E-state index contributed by atoms with van der Waals surface area (Å²) in [6.07, 6.45) is -4.40. The van der Waals surface area contributed by atoms with E-state index in [1.165, 1.54) is 6.07 Å². The van der Waals surface area contributed by atoms with Gasteiger partial charge in [-0.05, 0) is 64.7 Å². The highest BCUT2D eigenvalue weighted by molar-refractivity contribution is 5.81. The van der Waals surface area contributed by atoms with E-state index in [0.29, 0.717) is 29.9 Å². The Hall–Kier alpha value is -4.10. The normalized spacial score (nSPS) is 11.7. The van der Waals surface area contributed by atoms with Crippen molar-refractivity contribution in [3.8, 4) is 22.5 Å². The Labute approximate surface area is 200 Å². The van der Waals surface area contributed by atoms with E-state index in [4.69, 9.17) is 5.73 Å². The Morgan fingerprint density at radius 1 is 0.743 bits per heavy atom. The number of nitrogens with two attached hydrogens (primary N) is 1. The minimum atomic E-state index is -4.40. The molecule has 0 fully saturated rings. The molecule has 0 atom stereocenters. The summed E-state index contributed by atoms with van der Waals surface area (Å²) in [5.41, 5.74) is 11.9. The smallest absolute Gasteiger partial charge is 0.399 e. The largest absolute Gasteiger partial charge is 0.416 e. The number of aromatic nitrogens is 2. The number of benzene rings is 4. The maximum absolute atomic E-state index is 13.1. The third-order valence-electron chi connectivity index (χ3n) is 5.81. The molecular weight excluding hydrogens is 449 g/mol. The number of nitrogens with one attached hydrogen (secondary N) is 2. The molecule has 4 aromatic carbocycles. The van der Waals surface area contributed by atoms with Gasteiger partial charge in [-0.15, -0.1) is 0 Å². The average Bonchev–Trinajstić information content (AvgIpc) is 3.28.